The third-order valence-electron chi connectivity index (χ3n) is 3.34. The van der Waals surface area contributed by atoms with Crippen molar-refractivity contribution < 1.29 is 4.74 Å². The van der Waals surface area contributed by atoms with Crippen LogP contribution in [0.4, 0.5) is 0 Å². The molecule has 1 fully saturated rings. The van der Waals surface area contributed by atoms with Crippen LogP contribution in [0.25, 0.3) is 0 Å². The first-order chi connectivity index (χ1) is 8.78. The summed E-state index contributed by atoms with van der Waals surface area (Å²) in [4.78, 5) is 6.21. The standard InChI is InChI=1S/C14H24N2OS/c1-4-6-11-13(9-15-10-7-8-10)18-14(16-11)12(5-2)17-3/h10,12,15H,4-9H2,1-3H3. The third kappa shape index (κ3) is 3.53. The van der Waals surface area contributed by atoms with E-state index in [4.69, 9.17) is 9.72 Å². The molecule has 4 heteroatoms. The molecule has 1 atom stereocenters. The lowest BCUT2D eigenvalue weighted by atomic mass is 10.2. The molecule has 0 bridgehead atoms. The highest BCUT2D eigenvalue weighted by Crippen LogP contribution is 2.29. The van der Waals surface area contributed by atoms with Crippen molar-refractivity contribution in [2.75, 3.05) is 7.11 Å². The number of aryl methyl sites for hydroxylation is 1. The average molecular weight is 268 g/mol. The Kier molecular flexibility index (Phi) is 5.15. The molecule has 1 aliphatic rings. The van der Waals surface area contributed by atoms with Crippen LogP contribution in [0.15, 0.2) is 0 Å². The number of thiazole rings is 1. The Bertz CT molecular complexity index is 370. The number of nitrogens with zero attached hydrogens (tertiary/aromatic N) is 1. The number of methoxy groups -OCH3 is 1. The van der Waals surface area contributed by atoms with Gasteiger partial charge in [-0.25, -0.2) is 4.98 Å². The molecule has 0 aromatic carbocycles. The highest BCUT2D eigenvalue weighted by Gasteiger charge is 2.22. The van der Waals surface area contributed by atoms with E-state index in [1.54, 1.807) is 7.11 Å². The van der Waals surface area contributed by atoms with Crippen LogP contribution in [0, 0.1) is 0 Å². The van der Waals surface area contributed by atoms with Crippen molar-refractivity contribution in [3.05, 3.63) is 15.6 Å². The molecule has 0 saturated heterocycles. The largest absolute Gasteiger partial charge is 0.374 e. The number of ether oxygens (including phenoxy) is 1. The van der Waals surface area contributed by atoms with E-state index in [-0.39, 0.29) is 6.10 Å². The molecule has 1 N–H and O–H groups in total. The van der Waals surface area contributed by atoms with Gasteiger partial charge in [0.2, 0.25) is 0 Å². The molecule has 0 amide bonds. The molecular weight excluding hydrogens is 244 g/mol. The topological polar surface area (TPSA) is 34.1 Å². The summed E-state index contributed by atoms with van der Waals surface area (Å²) in [6.07, 6.45) is 6.07. The lowest BCUT2D eigenvalue weighted by Gasteiger charge is -2.08. The molecule has 18 heavy (non-hydrogen) atoms. The van der Waals surface area contributed by atoms with Crippen LogP contribution in [-0.4, -0.2) is 18.1 Å². The van der Waals surface area contributed by atoms with E-state index in [1.165, 1.54) is 23.4 Å². The van der Waals surface area contributed by atoms with E-state index in [2.05, 4.69) is 19.2 Å². The maximum atomic E-state index is 5.50. The van der Waals surface area contributed by atoms with Crippen molar-refractivity contribution in [1.29, 1.82) is 0 Å². The number of hydrogen-bond acceptors (Lipinski definition) is 4. The van der Waals surface area contributed by atoms with Crippen molar-refractivity contribution in [1.82, 2.24) is 10.3 Å². The first-order valence-electron chi connectivity index (χ1n) is 7.03. The second-order valence-corrected chi connectivity index (χ2v) is 6.07. The summed E-state index contributed by atoms with van der Waals surface area (Å²) in [6.45, 7) is 5.35. The van der Waals surface area contributed by atoms with Gasteiger partial charge in [-0.15, -0.1) is 11.3 Å². The number of rotatable bonds is 8. The Morgan fingerprint density at radius 2 is 2.22 bits per heavy atom. The lowest BCUT2D eigenvalue weighted by molar-refractivity contribution is 0.0996. The molecule has 1 saturated carbocycles. The van der Waals surface area contributed by atoms with Crippen molar-refractivity contribution in [3.8, 4) is 0 Å². The lowest BCUT2D eigenvalue weighted by Crippen LogP contribution is -2.15. The van der Waals surface area contributed by atoms with Crippen molar-refractivity contribution in [3.63, 3.8) is 0 Å². The van der Waals surface area contributed by atoms with E-state index in [0.717, 1.165) is 36.9 Å². The molecule has 2 rings (SSSR count). The Morgan fingerprint density at radius 3 is 2.78 bits per heavy atom. The van der Waals surface area contributed by atoms with Crippen LogP contribution in [0.3, 0.4) is 0 Å². The van der Waals surface area contributed by atoms with Crippen molar-refractivity contribution in [2.45, 2.75) is 64.6 Å². The Balaban J connectivity index is 2.08. The van der Waals surface area contributed by atoms with Gasteiger partial charge in [0.05, 0.1) is 5.69 Å². The summed E-state index contributed by atoms with van der Waals surface area (Å²) in [5.74, 6) is 0. The maximum Gasteiger partial charge on any atom is 0.122 e. The molecule has 0 spiro atoms. The number of aromatic nitrogens is 1. The van der Waals surface area contributed by atoms with E-state index in [0.29, 0.717) is 0 Å². The van der Waals surface area contributed by atoms with Gasteiger partial charge < -0.3 is 10.1 Å². The van der Waals surface area contributed by atoms with E-state index < -0.39 is 0 Å². The molecule has 1 aromatic heterocycles. The van der Waals surface area contributed by atoms with Gasteiger partial charge in [0, 0.05) is 24.6 Å². The zero-order valence-electron chi connectivity index (χ0n) is 11.7. The molecule has 0 aliphatic heterocycles. The molecule has 0 radical (unpaired) electrons. The van der Waals surface area contributed by atoms with Gasteiger partial charge in [-0.1, -0.05) is 20.3 Å². The van der Waals surface area contributed by atoms with E-state index in [1.807, 2.05) is 11.3 Å². The van der Waals surface area contributed by atoms with Crippen molar-refractivity contribution in [2.24, 2.45) is 0 Å². The predicted molar refractivity (Wildman–Crippen MR) is 76.0 cm³/mol. The quantitative estimate of drug-likeness (QED) is 0.784. The summed E-state index contributed by atoms with van der Waals surface area (Å²) < 4.78 is 5.50. The Morgan fingerprint density at radius 1 is 1.44 bits per heavy atom. The van der Waals surface area contributed by atoms with Gasteiger partial charge in [0.15, 0.2) is 0 Å². The molecular formula is C14H24N2OS. The summed E-state index contributed by atoms with van der Waals surface area (Å²) in [5.41, 5.74) is 1.28. The van der Waals surface area contributed by atoms with Crippen LogP contribution in [0.1, 0.15) is 61.2 Å². The second-order valence-electron chi connectivity index (χ2n) is 4.96. The molecule has 1 heterocycles. The van der Waals surface area contributed by atoms with E-state index in [9.17, 15) is 0 Å². The van der Waals surface area contributed by atoms with Crippen LogP contribution in [-0.2, 0) is 17.7 Å². The van der Waals surface area contributed by atoms with Crippen LogP contribution < -0.4 is 5.32 Å². The molecule has 1 aliphatic carbocycles. The summed E-state index contributed by atoms with van der Waals surface area (Å²) in [5, 5.41) is 4.74. The Hall–Kier alpha value is -0.450. The summed E-state index contributed by atoms with van der Waals surface area (Å²) in [7, 11) is 1.77. The predicted octanol–water partition coefficient (Wildman–Crippen LogP) is 3.45. The summed E-state index contributed by atoms with van der Waals surface area (Å²) in [6, 6.07) is 0.759. The van der Waals surface area contributed by atoms with Gasteiger partial charge in [-0.05, 0) is 25.7 Å². The summed E-state index contributed by atoms with van der Waals surface area (Å²) >= 11 is 1.83. The molecule has 1 aromatic rings. The zero-order valence-corrected chi connectivity index (χ0v) is 12.5. The minimum Gasteiger partial charge on any atom is -0.374 e. The first kappa shape index (κ1) is 14.0. The fourth-order valence-corrected chi connectivity index (χ4v) is 3.30. The van der Waals surface area contributed by atoms with Gasteiger partial charge in [0.1, 0.15) is 11.1 Å². The minimum atomic E-state index is 0.167. The SMILES string of the molecule is CCCc1nc(C(CC)OC)sc1CNC1CC1. The average Bonchev–Trinajstić information content (AvgIpc) is 3.12. The second kappa shape index (κ2) is 6.64. The van der Waals surface area contributed by atoms with Crippen LogP contribution in [0.5, 0.6) is 0 Å². The smallest absolute Gasteiger partial charge is 0.122 e. The minimum absolute atomic E-state index is 0.167. The van der Waals surface area contributed by atoms with Gasteiger partial charge in [-0.2, -0.15) is 0 Å². The highest BCUT2D eigenvalue weighted by atomic mass is 32.1. The molecule has 1 unspecified atom stereocenters. The van der Waals surface area contributed by atoms with Gasteiger partial charge in [-0.3, -0.25) is 0 Å². The fourth-order valence-electron chi connectivity index (χ4n) is 2.08. The third-order valence-corrected chi connectivity index (χ3v) is 4.53. The monoisotopic (exact) mass is 268 g/mol. The zero-order chi connectivity index (χ0) is 13.0. The van der Waals surface area contributed by atoms with Crippen LogP contribution in [0.2, 0.25) is 0 Å². The number of nitrogens with one attached hydrogen (secondary N) is 1. The first-order valence-corrected chi connectivity index (χ1v) is 7.84. The Labute approximate surface area is 114 Å². The fraction of sp³-hybridized carbons (Fsp3) is 0.786. The van der Waals surface area contributed by atoms with Crippen LogP contribution >= 0.6 is 11.3 Å². The van der Waals surface area contributed by atoms with E-state index >= 15 is 0 Å². The highest BCUT2D eigenvalue weighted by molar-refractivity contribution is 7.11. The molecule has 3 nitrogen and oxygen atoms in total. The number of hydrogen-bond donors (Lipinski definition) is 1. The normalized spacial score (nSPS) is 17.1. The van der Waals surface area contributed by atoms with Crippen molar-refractivity contribution >= 4 is 11.3 Å². The van der Waals surface area contributed by atoms with Gasteiger partial charge >= 0.3 is 0 Å². The van der Waals surface area contributed by atoms with Gasteiger partial charge in [0.25, 0.3) is 0 Å². The molecule has 102 valence electrons. The maximum absolute atomic E-state index is 5.50.